The third-order valence-electron chi connectivity index (χ3n) is 6.98. The fraction of sp³-hybridized carbons (Fsp3) is 0.385. The summed E-state index contributed by atoms with van der Waals surface area (Å²) in [5, 5.41) is 7.71. The van der Waals surface area contributed by atoms with Crippen molar-refractivity contribution in [2.24, 2.45) is 5.92 Å². The number of nitrogens with one attached hydrogen (secondary N) is 1. The Balaban J connectivity index is 1.49. The van der Waals surface area contributed by atoms with Crippen molar-refractivity contribution in [1.29, 1.82) is 0 Å². The third-order valence-corrected chi connectivity index (χ3v) is 8.88. The van der Waals surface area contributed by atoms with Crippen LogP contribution in [0.1, 0.15) is 31.0 Å². The van der Waals surface area contributed by atoms with E-state index < -0.39 is 33.7 Å². The maximum Gasteiger partial charge on any atom is 0.387 e. The Kier molecular flexibility index (Phi) is 6.51. The minimum Gasteiger partial charge on any atom is -0.435 e. The summed E-state index contributed by atoms with van der Waals surface area (Å²) in [5.74, 6) is -1.06. The molecule has 1 aliphatic carbocycles. The Hall–Kier alpha value is -3.34. The van der Waals surface area contributed by atoms with Crippen LogP contribution in [-0.2, 0) is 27.5 Å². The highest BCUT2D eigenvalue weighted by Gasteiger charge is 2.41. The summed E-state index contributed by atoms with van der Waals surface area (Å²) in [5.41, 5.74) is 2.59. The van der Waals surface area contributed by atoms with Crippen molar-refractivity contribution in [3.05, 3.63) is 65.6 Å². The molecule has 7 nitrogen and oxygen atoms in total. The predicted molar refractivity (Wildman–Crippen MR) is 131 cm³/mol. The molecule has 196 valence electrons. The van der Waals surface area contributed by atoms with Crippen LogP contribution in [0.15, 0.2) is 48.5 Å². The number of rotatable bonds is 6. The van der Waals surface area contributed by atoms with Crippen molar-refractivity contribution in [1.82, 2.24) is 15.1 Å². The number of hydrogen-bond acceptors (Lipinski definition) is 5. The topological polar surface area (TPSA) is 90.3 Å². The Morgan fingerprint density at radius 2 is 1.97 bits per heavy atom. The summed E-state index contributed by atoms with van der Waals surface area (Å²) in [7, 11) is -3.18. The number of aromatic nitrogens is 2. The third kappa shape index (κ3) is 5.36. The Morgan fingerprint density at radius 1 is 1.22 bits per heavy atom. The zero-order valence-corrected chi connectivity index (χ0v) is 20.9. The van der Waals surface area contributed by atoms with Gasteiger partial charge in [-0.3, -0.25) is 4.79 Å². The molecule has 2 aliphatic rings. The van der Waals surface area contributed by atoms with E-state index in [4.69, 9.17) is 5.10 Å². The van der Waals surface area contributed by atoms with Gasteiger partial charge in [-0.2, -0.15) is 13.9 Å². The van der Waals surface area contributed by atoms with Gasteiger partial charge in [-0.05, 0) is 62.6 Å². The van der Waals surface area contributed by atoms with Crippen LogP contribution in [0.4, 0.5) is 13.2 Å². The molecule has 1 amide bonds. The lowest BCUT2D eigenvalue weighted by molar-refractivity contribution is -0.126. The molecule has 37 heavy (non-hydrogen) atoms. The van der Waals surface area contributed by atoms with Gasteiger partial charge in [0.2, 0.25) is 5.91 Å². The van der Waals surface area contributed by atoms with Gasteiger partial charge in [0.1, 0.15) is 11.6 Å². The molecule has 0 bridgehead atoms. The van der Waals surface area contributed by atoms with Crippen molar-refractivity contribution in [3.63, 3.8) is 0 Å². The highest BCUT2D eigenvalue weighted by Crippen LogP contribution is 2.36. The fourth-order valence-corrected chi connectivity index (χ4v) is 7.28. The summed E-state index contributed by atoms with van der Waals surface area (Å²) in [6, 6.07) is 12.1. The van der Waals surface area contributed by atoms with E-state index in [0.29, 0.717) is 42.6 Å². The van der Waals surface area contributed by atoms with Crippen molar-refractivity contribution in [2.75, 3.05) is 11.5 Å². The number of ether oxygens (including phenoxy) is 1. The highest BCUT2D eigenvalue weighted by molar-refractivity contribution is 7.91. The first kappa shape index (κ1) is 25.3. The Bertz CT molecular complexity index is 1440. The van der Waals surface area contributed by atoms with E-state index >= 15 is 0 Å². The summed E-state index contributed by atoms with van der Waals surface area (Å²) in [4.78, 5) is 13.2. The summed E-state index contributed by atoms with van der Waals surface area (Å²) in [6.45, 7) is -1.21. The highest BCUT2D eigenvalue weighted by atomic mass is 32.2. The zero-order chi connectivity index (χ0) is 26.4. The number of amides is 1. The van der Waals surface area contributed by atoms with Gasteiger partial charge >= 0.3 is 6.61 Å². The largest absolute Gasteiger partial charge is 0.435 e. The van der Waals surface area contributed by atoms with Crippen molar-refractivity contribution >= 4 is 15.7 Å². The second-order valence-electron chi connectivity index (χ2n) is 9.90. The number of fused-ring (bicyclic) bond motifs is 1. The first-order valence-corrected chi connectivity index (χ1v) is 13.8. The van der Waals surface area contributed by atoms with Crippen LogP contribution >= 0.6 is 0 Å². The van der Waals surface area contributed by atoms with E-state index in [1.807, 2.05) is 0 Å². The van der Waals surface area contributed by atoms with Crippen LogP contribution < -0.4 is 10.1 Å². The lowest BCUT2D eigenvalue weighted by atomic mass is 9.84. The molecule has 2 aromatic carbocycles. The van der Waals surface area contributed by atoms with E-state index in [-0.39, 0.29) is 23.2 Å². The van der Waals surface area contributed by atoms with Crippen LogP contribution in [-0.4, -0.2) is 47.8 Å². The standard InChI is InChI=1S/C26H26F3N3O4S/c1-26(11-12-37(34,35)15-26)30-24(33)17-5-10-21-22(14-17)32(19-8-6-18(27)7-9-19)31-23(21)16-3-2-4-20(13-16)36-25(28)29/h2-4,6-9,13,17,25H,5,10-12,14-15H2,1H3,(H,30,33)/t17-,26+/m1/s1. The van der Waals surface area contributed by atoms with E-state index in [9.17, 15) is 26.4 Å². The maximum absolute atomic E-state index is 13.6. The number of nitrogens with zero attached hydrogens (tertiary/aromatic N) is 2. The lowest BCUT2D eigenvalue weighted by Crippen LogP contribution is -2.50. The number of sulfone groups is 1. The molecule has 5 rings (SSSR count). The van der Waals surface area contributed by atoms with Gasteiger partial charge in [-0.15, -0.1) is 0 Å². The molecule has 1 N–H and O–H groups in total. The normalized spacial score (nSPS) is 22.6. The van der Waals surface area contributed by atoms with Gasteiger partial charge in [0, 0.05) is 29.2 Å². The summed E-state index contributed by atoms with van der Waals surface area (Å²) >= 11 is 0. The molecule has 3 aromatic rings. The van der Waals surface area contributed by atoms with E-state index in [0.717, 1.165) is 11.3 Å². The minimum atomic E-state index is -3.18. The first-order chi connectivity index (χ1) is 17.5. The van der Waals surface area contributed by atoms with E-state index in [1.165, 1.54) is 24.3 Å². The average molecular weight is 534 g/mol. The number of carbonyl (C=O) groups excluding carboxylic acids is 1. The summed E-state index contributed by atoms with van der Waals surface area (Å²) in [6.07, 6.45) is 1.71. The molecule has 0 spiro atoms. The van der Waals surface area contributed by atoms with Gasteiger partial charge in [0.05, 0.1) is 28.4 Å². The van der Waals surface area contributed by atoms with Gasteiger partial charge in [-0.25, -0.2) is 17.5 Å². The maximum atomic E-state index is 13.6. The molecule has 1 fully saturated rings. The number of benzene rings is 2. The number of hydrogen-bond donors (Lipinski definition) is 1. The Morgan fingerprint density at radius 3 is 2.65 bits per heavy atom. The van der Waals surface area contributed by atoms with Crippen molar-refractivity contribution in [2.45, 2.75) is 44.8 Å². The quantitative estimate of drug-likeness (QED) is 0.516. The lowest BCUT2D eigenvalue weighted by Gasteiger charge is -2.29. The van der Waals surface area contributed by atoms with Crippen molar-refractivity contribution in [3.8, 4) is 22.7 Å². The number of alkyl halides is 2. The second kappa shape index (κ2) is 9.51. The molecule has 0 radical (unpaired) electrons. The Labute approximate surface area is 212 Å². The smallest absolute Gasteiger partial charge is 0.387 e. The van der Waals surface area contributed by atoms with Crippen LogP contribution in [0.2, 0.25) is 0 Å². The van der Waals surface area contributed by atoms with Crippen LogP contribution in [0, 0.1) is 11.7 Å². The first-order valence-electron chi connectivity index (χ1n) is 12.0. The van der Waals surface area contributed by atoms with Gasteiger partial charge < -0.3 is 10.1 Å². The van der Waals surface area contributed by atoms with E-state index in [2.05, 4.69) is 10.1 Å². The molecular weight excluding hydrogens is 507 g/mol. The van der Waals surface area contributed by atoms with Gasteiger partial charge in [0.25, 0.3) is 0 Å². The van der Waals surface area contributed by atoms with Gasteiger partial charge in [0.15, 0.2) is 9.84 Å². The molecule has 1 aromatic heterocycles. The second-order valence-corrected chi connectivity index (χ2v) is 12.1. The van der Waals surface area contributed by atoms with Crippen molar-refractivity contribution < 1.29 is 31.1 Å². The van der Waals surface area contributed by atoms with Crippen LogP contribution in [0.25, 0.3) is 16.9 Å². The monoisotopic (exact) mass is 533 g/mol. The molecule has 11 heteroatoms. The predicted octanol–water partition coefficient (Wildman–Crippen LogP) is 4.08. The number of carbonyl (C=O) groups is 1. The molecule has 0 unspecified atom stereocenters. The SMILES string of the molecule is C[C@]1(NC(=O)[C@@H]2CCc3c(-c4cccc(OC(F)F)c4)nn(-c4ccc(F)cc4)c3C2)CCS(=O)(=O)C1. The average Bonchev–Trinajstić information content (AvgIpc) is 3.35. The van der Waals surface area contributed by atoms with Crippen LogP contribution in [0.5, 0.6) is 5.75 Å². The molecule has 2 atom stereocenters. The molecule has 0 saturated carbocycles. The van der Waals surface area contributed by atoms with Crippen LogP contribution in [0.3, 0.4) is 0 Å². The number of halogens is 3. The summed E-state index contributed by atoms with van der Waals surface area (Å²) < 4.78 is 69.3. The van der Waals surface area contributed by atoms with Gasteiger partial charge in [-0.1, -0.05) is 12.1 Å². The molecule has 1 saturated heterocycles. The van der Waals surface area contributed by atoms with E-state index in [1.54, 1.807) is 35.9 Å². The fourth-order valence-electron chi connectivity index (χ4n) is 5.19. The minimum absolute atomic E-state index is 0.00501. The molecule has 2 heterocycles. The zero-order valence-electron chi connectivity index (χ0n) is 20.1. The molecule has 1 aliphatic heterocycles. The molecular formula is C26H26F3N3O4S.